The molecule has 6 aromatic rings. The number of nitrogens with zero attached hydrogens (tertiary/aromatic N) is 7. The molecule has 6 heterocycles. The average Bonchev–Trinajstić information content (AvgIpc) is 4.03. The van der Waals surface area contributed by atoms with Crippen LogP contribution in [0.2, 0.25) is 0 Å². The van der Waals surface area contributed by atoms with Crippen LogP contribution in [0.25, 0.3) is 21.8 Å². The zero-order valence-corrected chi connectivity index (χ0v) is 46.4. The van der Waals surface area contributed by atoms with Gasteiger partial charge in [0.05, 0.1) is 52.9 Å². The summed E-state index contributed by atoms with van der Waals surface area (Å²) in [4.78, 5) is 69.0. The topological polar surface area (TPSA) is 212 Å². The standard InChI is InChI=1S/C30H35BFN3O5.C29H32BFN4O7.CH4/c1-3-29-22-8-7-21(15-25(22)31(38)40-29)39-14-4-9-33-10-12-34(13-11-33)28-17-27-23(16-26(28)32)30(37)24(19(2)36)18-35(27)20-5-6-20;1-18(36)22-16-34(19-6-7-19)24-15-25(23(31)14-21(24)29(22)37)33-11-9-32(10-12-33)8-3-13-41-26-5-2-4-20-27(17-35(39)40)42-30(38)28(20)26;/h7-8,15-18,20,29,38H,3-6,9-14H2,1-2H3;2,4-5,14-16,19,27,38H,3,6-13,17H2,1H3;1H4. The van der Waals surface area contributed by atoms with Crippen molar-refractivity contribution in [1.29, 1.82) is 0 Å². The molecule has 438 valence electrons. The van der Waals surface area contributed by atoms with Crippen LogP contribution in [-0.4, -0.2) is 145 Å². The minimum absolute atomic E-state index is 0. The summed E-state index contributed by atoms with van der Waals surface area (Å²) in [5.74, 6) is -0.311. The van der Waals surface area contributed by atoms with Gasteiger partial charge in [-0.3, -0.25) is 39.1 Å². The van der Waals surface area contributed by atoms with Gasteiger partial charge in [-0.25, -0.2) is 8.78 Å². The van der Waals surface area contributed by atoms with E-state index in [-0.39, 0.29) is 59.1 Å². The first-order valence-electron chi connectivity index (χ1n) is 28.6. The van der Waals surface area contributed by atoms with Gasteiger partial charge in [-0.15, -0.1) is 0 Å². The van der Waals surface area contributed by atoms with Gasteiger partial charge in [0.15, 0.2) is 22.4 Å². The number of rotatable bonds is 19. The van der Waals surface area contributed by atoms with E-state index in [1.54, 1.807) is 42.7 Å². The maximum absolute atomic E-state index is 15.3. The zero-order valence-electron chi connectivity index (χ0n) is 46.4. The van der Waals surface area contributed by atoms with Crippen molar-refractivity contribution < 1.29 is 52.1 Å². The smallest absolute Gasteiger partial charge is 0.494 e. The molecule has 23 heteroatoms. The Kier molecular flexibility index (Phi) is 17.9. The summed E-state index contributed by atoms with van der Waals surface area (Å²) in [6.07, 6.45) is 8.72. The molecule has 2 N–H and O–H groups in total. The average molecular weight is 1140 g/mol. The molecule has 2 saturated heterocycles. The van der Waals surface area contributed by atoms with E-state index in [0.29, 0.717) is 78.6 Å². The molecular weight excluding hydrogens is 1070 g/mol. The van der Waals surface area contributed by atoms with Gasteiger partial charge in [0.25, 0.3) is 0 Å². The lowest BCUT2D eigenvalue weighted by Crippen LogP contribution is -2.47. The van der Waals surface area contributed by atoms with Crippen LogP contribution < -0.4 is 41.1 Å². The van der Waals surface area contributed by atoms with E-state index >= 15 is 8.78 Å². The van der Waals surface area contributed by atoms with Crippen molar-refractivity contribution in [2.45, 2.75) is 97.4 Å². The molecule has 12 rings (SSSR count). The number of benzene rings is 4. The van der Waals surface area contributed by atoms with E-state index in [9.17, 15) is 39.3 Å². The summed E-state index contributed by atoms with van der Waals surface area (Å²) < 4.78 is 57.4. The van der Waals surface area contributed by atoms with Crippen LogP contribution in [0.15, 0.2) is 82.6 Å². The maximum atomic E-state index is 15.3. The summed E-state index contributed by atoms with van der Waals surface area (Å²) in [5.41, 5.74) is 4.56. The molecule has 2 aliphatic carbocycles. The second-order valence-electron chi connectivity index (χ2n) is 22.3. The van der Waals surface area contributed by atoms with Crippen molar-refractivity contribution in [2.75, 3.05) is 95.0 Å². The highest BCUT2D eigenvalue weighted by atomic mass is 19.1. The fraction of sp³-hybridized carbons (Fsp3) is 0.467. The molecule has 6 aliphatic rings. The lowest BCUT2D eigenvalue weighted by atomic mass is 9.78. The van der Waals surface area contributed by atoms with E-state index in [1.165, 1.54) is 26.0 Å². The van der Waals surface area contributed by atoms with Crippen LogP contribution in [0, 0.1) is 21.7 Å². The number of hydrogen-bond donors (Lipinski definition) is 2. The highest BCUT2D eigenvalue weighted by Crippen LogP contribution is 2.40. The number of carbonyl (C=O) groups is 2. The maximum Gasteiger partial charge on any atom is 0.496 e. The van der Waals surface area contributed by atoms with Gasteiger partial charge in [0.1, 0.15) is 29.2 Å². The largest absolute Gasteiger partial charge is 0.496 e. The van der Waals surface area contributed by atoms with Crippen molar-refractivity contribution in [3.63, 3.8) is 0 Å². The minimum Gasteiger partial charge on any atom is -0.494 e. The molecule has 83 heavy (non-hydrogen) atoms. The molecular formula is C60H71B2F2N7O12. The van der Waals surface area contributed by atoms with Gasteiger partial charge in [-0.05, 0) is 118 Å². The molecule has 2 atom stereocenters. The molecule has 0 spiro atoms. The molecule has 0 radical (unpaired) electrons. The summed E-state index contributed by atoms with van der Waals surface area (Å²) in [6, 6.07) is 17.6. The number of nitro groups is 1. The van der Waals surface area contributed by atoms with E-state index in [2.05, 4.69) is 9.80 Å². The molecule has 2 aromatic heterocycles. The van der Waals surface area contributed by atoms with Crippen molar-refractivity contribution in [1.82, 2.24) is 18.9 Å². The number of anilines is 2. The predicted molar refractivity (Wildman–Crippen MR) is 315 cm³/mol. The number of carbonyl (C=O) groups excluding carboxylic acids is 2. The Labute approximate surface area is 480 Å². The van der Waals surface area contributed by atoms with Gasteiger partial charge in [0.2, 0.25) is 6.54 Å². The molecule has 4 fully saturated rings. The Balaban J connectivity index is 0.000000183. The number of halogens is 2. The van der Waals surface area contributed by atoms with E-state index in [4.69, 9.17) is 18.8 Å². The van der Waals surface area contributed by atoms with Crippen LogP contribution in [0.1, 0.15) is 129 Å². The van der Waals surface area contributed by atoms with Gasteiger partial charge in [-0.2, -0.15) is 0 Å². The lowest BCUT2D eigenvalue weighted by Gasteiger charge is -2.36. The van der Waals surface area contributed by atoms with Crippen LogP contribution in [0.3, 0.4) is 0 Å². The normalized spacial score (nSPS) is 18.9. The predicted octanol–water partition coefficient (Wildman–Crippen LogP) is 6.38. The quantitative estimate of drug-likeness (QED) is 0.0296. The van der Waals surface area contributed by atoms with E-state index in [1.807, 2.05) is 44.1 Å². The SMILES string of the molecule is C.CC(=O)c1cn(C2CC2)c2cc(N3CCN(CCCOc4cccc5c4B(O)OC5C[N+](=O)[O-])CC3)c(F)cc2c1=O.CCC1OB(O)c2cc(OCCCN3CCN(c4cc5c(cc4F)c(=O)c(C(C)=O)cn5C4CC4)CC3)ccc21. The van der Waals surface area contributed by atoms with Crippen molar-refractivity contribution in [3.05, 3.63) is 138 Å². The Morgan fingerprint density at radius 2 is 1.19 bits per heavy atom. The zero-order chi connectivity index (χ0) is 57.5. The lowest BCUT2D eigenvalue weighted by molar-refractivity contribution is -0.490. The number of piperazine rings is 2. The van der Waals surface area contributed by atoms with Gasteiger partial charge >= 0.3 is 14.2 Å². The second-order valence-corrected chi connectivity index (χ2v) is 22.3. The van der Waals surface area contributed by atoms with Gasteiger partial charge in [0, 0.05) is 111 Å². The molecule has 0 amide bonds. The molecule has 0 bridgehead atoms. The van der Waals surface area contributed by atoms with Crippen LogP contribution in [-0.2, 0) is 9.31 Å². The molecule has 2 unspecified atom stereocenters. The number of pyridine rings is 2. The number of fused-ring (bicyclic) bond motifs is 4. The summed E-state index contributed by atoms with van der Waals surface area (Å²) in [6.45, 7) is 12.6. The van der Waals surface area contributed by atoms with Gasteiger partial charge < -0.3 is 47.8 Å². The molecule has 2 saturated carbocycles. The third kappa shape index (κ3) is 12.6. The summed E-state index contributed by atoms with van der Waals surface area (Å²) >= 11 is 0. The Bertz CT molecular complexity index is 3560. The van der Waals surface area contributed by atoms with Crippen molar-refractivity contribution in [3.8, 4) is 11.5 Å². The number of hydrogen-bond acceptors (Lipinski definition) is 16. The summed E-state index contributed by atoms with van der Waals surface area (Å²) in [7, 11) is -2.16. The second kappa shape index (κ2) is 25.1. The Morgan fingerprint density at radius 1 is 0.687 bits per heavy atom. The van der Waals surface area contributed by atoms with Gasteiger partial charge in [-0.1, -0.05) is 32.5 Å². The molecule has 4 aromatic carbocycles. The fourth-order valence-electron chi connectivity index (χ4n) is 12.0. The van der Waals surface area contributed by atoms with Crippen LogP contribution >= 0.6 is 0 Å². The van der Waals surface area contributed by atoms with Crippen LogP contribution in [0.5, 0.6) is 11.5 Å². The first kappa shape index (κ1) is 59.2. The first-order chi connectivity index (χ1) is 39.5. The van der Waals surface area contributed by atoms with Crippen LogP contribution in [0.4, 0.5) is 20.2 Å². The third-order valence-corrected chi connectivity index (χ3v) is 16.7. The first-order valence-corrected chi connectivity index (χ1v) is 28.6. The third-order valence-electron chi connectivity index (χ3n) is 16.7. The number of ketones is 2. The number of aromatic nitrogens is 2. The van der Waals surface area contributed by atoms with Crippen molar-refractivity contribution >= 4 is 69.9 Å². The Hall–Kier alpha value is -7.01. The van der Waals surface area contributed by atoms with Crippen molar-refractivity contribution in [2.24, 2.45) is 0 Å². The minimum atomic E-state index is -1.26. The Morgan fingerprint density at radius 3 is 1.67 bits per heavy atom. The molecule has 19 nitrogen and oxygen atoms in total. The molecule has 4 aliphatic heterocycles. The fourth-order valence-corrected chi connectivity index (χ4v) is 12.0. The highest BCUT2D eigenvalue weighted by molar-refractivity contribution is 6.63. The summed E-state index contributed by atoms with van der Waals surface area (Å²) in [5, 5.41) is 31.9. The number of Topliss-reactive ketones (excluding diaryl/α,β-unsaturated/α-hetero) is 2. The van der Waals surface area contributed by atoms with E-state index in [0.717, 1.165) is 101 Å². The highest BCUT2D eigenvalue weighted by Gasteiger charge is 2.41. The number of ether oxygens (including phenoxy) is 2. The monoisotopic (exact) mass is 1140 g/mol. The van der Waals surface area contributed by atoms with E-state index < -0.39 is 54.3 Å².